The van der Waals surface area contributed by atoms with Crippen LogP contribution in [0, 0.1) is 0 Å². The van der Waals surface area contributed by atoms with Crippen molar-refractivity contribution in [1.82, 2.24) is 10.8 Å². The Morgan fingerprint density at radius 2 is 2.07 bits per heavy atom. The molecule has 1 rings (SSSR count). The van der Waals surface area contributed by atoms with E-state index in [-0.39, 0.29) is 11.9 Å². The van der Waals surface area contributed by atoms with Gasteiger partial charge in [0.25, 0.3) is 0 Å². The van der Waals surface area contributed by atoms with Gasteiger partial charge in [-0.3, -0.25) is 4.79 Å². The van der Waals surface area contributed by atoms with E-state index in [1.54, 1.807) is 7.05 Å². The Hall–Kier alpha value is -1.39. The Balaban J connectivity index is 2.62. The fourth-order valence-electron chi connectivity index (χ4n) is 1.35. The van der Waals surface area contributed by atoms with Crippen LogP contribution in [0.15, 0.2) is 30.3 Å². The summed E-state index contributed by atoms with van der Waals surface area (Å²) in [5, 5.41) is 2.59. The third-order valence-electron chi connectivity index (χ3n) is 2.11. The third kappa shape index (κ3) is 3.69. The summed E-state index contributed by atoms with van der Waals surface area (Å²) in [4.78, 5) is 16.2. The summed E-state index contributed by atoms with van der Waals surface area (Å²) in [6.45, 7) is 0. The van der Waals surface area contributed by atoms with E-state index in [4.69, 9.17) is 4.84 Å². The highest BCUT2D eigenvalue weighted by Crippen LogP contribution is 2.03. The van der Waals surface area contributed by atoms with Gasteiger partial charge >= 0.3 is 0 Å². The van der Waals surface area contributed by atoms with E-state index in [0.29, 0.717) is 6.42 Å². The molecule has 0 bridgehead atoms. The first-order valence-corrected chi connectivity index (χ1v) is 4.82. The van der Waals surface area contributed by atoms with Crippen LogP contribution in [-0.2, 0) is 16.1 Å². The minimum absolute atomic E-state index is 0.0827. The van der Waals surface area contributed by atoms with Gasteiger partial charge in [-0.1, -0.05) is 30.3 Å². The lowest BCUT2D eigenvalue weighted by Gasteiger charge is -2.15. The Morgan fingerprint density at radius 1 is 1.40 bits per heavy atom. The molecule has 1 amide bonds. The van der Waals surface area contributed by atoms with E-state index in [0.717, 1.165) is 5.56 Å². The summed E-state index contributed by atoms with van der Waals surface area (Å²) in [6, 6.07) is 9.44. The van der Waals surface area contributed by atoms with Gasteiger partial charge in [0, 0.05) is 7.05 Å². The summed E-state index contributed by atoms with van der Waals surface area (Å²) in [7, 11) is 3.11. The maximum absolute atomic E-state index is 11.5. The fraction of sp³-hybridized carbons (Fsp3) is 0.364. The SMILES string of the molecule is CNC(=O)[C@H](Cc1ccccc1)NOC. The van der Waals surface area contributed by atoms with Crippen LogP contribution in [0.5, 0.6) is 0 Å². The number of hydrogen-bond acceptors (Lipinski definition) is 3. The monoisotopic (exact) mass is 208 g/mol. The number of carbonyl (C=O) groups is 1. The molecule has 15 heavy (non-hydrogen) atoms. The number of rotatable bonds is 5. The summed E-state index contributed by atoms with van der Waals surface area (Å²) in [5.41, 5.74) is 3.76. The van der Waals surface area contributed by atoms with Crippen LogP contribution < -0.4 is 10.8 Å². The Morgan fingerprint density at radius 3 is 2.60 bits per heavy atom. The molecule has 0 radical (unpaired) electrons. The van der Waals surface area contributed by atoms with Crippen LogP contribution in [0.2, 0.25) is 0 Å². The minimum atomic E-state index is -0.359. The lowest BCUT2D eigenvalue weighted by molar-refractivity contribution is -0.126. The van der Waals surface area contributed by atoms with Crippen LogP contribution >= 0.6 is 0 Å². The van der Waals surface area contributed by atoms with Crippen molar-refractivity contribution in [2.45, 2.75) is 12.5 Å². The maximum Gasteiger partial charge on any atom is 0.239 e. The number of likely N-dealkylation sites (N-methyl/N-ethyl adjacent to an activating group) is 1. The number of benzene rings is 1. The molecule has 0 heterocycles. The summed E-state index contributed by atoms with van der Waals surface area (Å²) in [6.07, 6.45) is 0.606. The molecule has 4 heteroatoms. The molecule has 82 valence electrons. The van der Waals surface area contributed by atoms with Crippen molar-refractivity contribution < 1.29 is 9.63 Å². The maximum atomic E-state index is 11.5. The molecule has 1 atom stereocenters. The highest BCUT2D eigenvalue weighted by atomic mass is 16.6. The summed E-state index contributed by atoms with van der Waals surface area (Å²) in [5.74, 6) is -0.0827. The summed E-state index contributed by atoms with van der Waals surface area (Å²) >= 11 is 0. The van der Waals surface area contributed by atoms with E-state index < -0.39 is 0 Å². The Labute approximate surface area is 89.6 Å². The Bertz CT molecular complexity index is 301. The van der Waals surface area contributed by atoms with Gasteiger partial charge in [0.1, 0.15) is 6.04 Å². The van der Waals surface area contributed by atoms with Gasteiger partial charge in [-0.15, -0.1) is 0 Å². The molecule has 0 saturated heterocycles. The molecule has 4 nitrogen and oxygen atoms in total. The van der Waals surface area contributed by atoms with E-state index in [1.807, 2.05) is 30.3 Å². The van der Waals surface area contributed by atoms with Gasteiger partial charge in [-0.05, 0) is 12.0 Å². The lowest BCUT2D eigenvalue weighted by Crippen LogP contribution is -2.43. The van der Waals surface area contributed by atoms with Gasteiger partial charge < -0.3 is 10.2 Å². The molecule has 0 fully saturated rings. The second-order valence-electron chi connectivity index (χ2n) is 3.18. The van der Waals surface area contributed by atoms with Crippen molar-refractivity contribution in [2.75, 3.05) is 14.2 Å². The molecule has 0 aliphatic heterocycles. The van der Waals surface area contributed by atoms with Crippen LogP contribution in [0.4, 0.5) is 0 Å². The van der Waals surface area contributed by atoms with Gasteiger partial charge in [0.2, 0.25) is 5.91 Å². The molecule has 0 unspecified atom stereocenters. The lowest BCUT2D eigenvalue weighted by atomic mass is 10.1. The number of hydroxylamine groups is 1. The van der Waals surface area contributed by atoms with Crippen molar-refractivity contribution in [3.63, 3.8) is 0 Å². The predicted octanol–water partition coefficient (Wildman–Crippen LogP) is 0.495. The number of nitrogens with one attached hydrogen (secondary N) is 2. The number of amides is 1. The minimum Gasteiger partial charge on any atom is -0.358 e. The first kappa shape index (κ1) is 11.7. The van der Waals surface area contributed by atoms with Gasteiger partial charge in [0.15, 0.2) is 0 Å². The average molecular weight is 208 g/mol. The van der Waals surface area contributed by atoms with Crippen molar-refractivity contribution >= 4 is 5.91 Å². The first-order chi connectivity index (χ1) is 7.27. The van der Waals surface area contributed by atoms with Crippen LogP contribution in [-0.4, -0.2) is 26.1 Å². The van der Waals surface area contributed by atoms with Crippen LogP contribution in [0.25, 0.3) is 0 Å². The highest BCUT2D eigenvalue weighted by molar-refractivity contribution is 5.81. The normalized spacial score (nSPS) is 12.1. The van der Waals surface area contributed by atoms with Crippen LogP contribution in [0.1, 0.15) is 5.56 Å². The second kappa shape index (κ2) is 6.16. The summed E-state index contributed by atoms with van der Waals surface area (Å²) < 4.78 is 0. The molecule has 1 aromatic rings. The smallest absolute Gasteiger partial charge is 0.239 e. The predicted molar refractivity (Wildman–Crippen MR) is 58.1 cm³/mol. The molecule has 0 aliphatic carbocycles. The molecule has 1 aromatic carbocycles. The zero-order chi connectivity index (χ0) is 11.1. The molecule has 0 aliphatic rings. The fourth-order valence-corrected chi connectivity index (χ4v) is 1.35. The van der Waals surface area contributed by atoms with Crippen molar-refractivity contribution in [1.29, 1.82) is 0 Å². The number of hydrogen-bond donors (Lipinski definition) is 2. The van der Waals surface area contributed by atoms with Crippen molar-refractivity contribution in [2.24, 2.45) is 0 Å². The molecular weight excluding hydrogens is 192 g/mol. The number of carbonyl (C=O) groups excluding carboxylic acids is 1. The Kier molecular flexibility index (Phi) is 4.80. The van der Waals surface area contributed by atoms with Gasteiger partial charge in [-0.25, -0.2) is 0 Å². The van der Waals surface area contributed by atoms with E-state index in [9.17, 15) is 4.79 Å². The van der Waals surface area contributed by atoms with Gasteiger partial charge in [0.05, 0.1) is 7.11 Å². The quantitative estimate of drug-likeness (QED) is 0.693. The molecular formula is C11H16N2O2. The molecule has 2 N–H and O–H groups in total. The van der Waals surface area contributed by atoms with E-state index >= 15 is 0 Å². The van der Waals surface area contributed by atoms with E-state index in [1.165, 1.54) is 7.11 Å². The second-order valence-corrected chi connectivity index (χ2v) is 3.18. The highest BCUT2D eigenvalue weighted by Gasteiger charge is 2.16. The van der Waals surface area contributed by atoms with Crippen molar-refractivity contribution in [3.05, 3.63) is 35.9 Å². The largest absolute Gasteiger partial charge is 0.358 e. The molecule has 0 saturated carbocycles. The third-order valence-corrected chi connectivity index (χ3v) is 2.11. The average Bonchev–Trinajstić information content (AvgIpc) is 2.29. The topological polar surface area (TPSA) is 50.4 Å². The molecule has 0 aromatic heterocycles. The van der Waals surface area contributed by atoms with Crippen LogP contribution in [0.3, 0.4) is 0 Å². The zero-order valence-corrected chi connectivity index (χ0v) is 8.99. The standard InChI is InChI=1S/C11H16N2O2/c1-12-11(14)10(13-15-2)8-9-6-4-3-5-7-9/h3-7,10,13H,8H2,1-2H3,(H,12,14)/t10-/m0/s1. The van der Waals surface area contributed by atoms with Gasteiger partial charge in [-0.2, -0.15) is 5.48 Å². The molecule has 0 spiro atoms. The van der Waals surface area contributed by atoms with Crippen molar-refractivity contribution in [3.8, 4) is 0 Å². The first-order valence-electron chi connectivity index (χ1n) is 4.82. The van der Waals surface area contributed by atoms with E-state index in [2.05, 4.69) is 10.8 Å². The zero-order valence-electron chi connectivity index (χ0n) is 8.99.